The van der Waals surface area contributed by atoms with Gasteiger partial charge in [0.1, 0.15) is 5.94 Å². The second-order valence-corrected chi connectivity index (χ2v) is 7.79. The molecule has 2 unspecified atom stereocenters. The maximum atomic E-state index is 11.5. The summed E-state index contributed by atoms with van der Waals surface area (Å²) in [5, 5.41) is 2.00. The molecule has 19 heavy (non-hydrogen) atoms. The highest BCUT2D eigenvalue weighted by molar-refractivity contribution is 5.59. The summed E-state index contributed by atoms with van der Waals surface area (Å²) in [4.78, 5) is 17.6. The molecule has 3 nitrogen and oxygen atoms in total. The standard InChI is InChI=1S/C16H25NO2/c1-15(2,3)19-17(4)16-8-11-5-12(9-16)7-13(6-11)14(16)10-18/h11-13H,5-9H2,1-4H3. The summed E-state index contributed by atoms with van der Waals surface area (Å²) in [5.41, 5.74) is 0.613. The lowest BCUT2D eigenvalue weighted by Gasteiger charge is -2.59. The molecule has 0 aliphatic heterocycles. The maximum Gasteiger partial charge on any atom is 0.125 e. The molecule has 3 heteroatoms. The Morgan fingerprint density at radius 2 is 1.79 bits per heavy atom. The van der Waals surface area contributed by atoms with Crippen molar-refractivity contribution in [2.24, 2.45) is 17.8 Å². The van der Waals surface area contributed by atoms with Gasteiger partial charge in [0.15, 0.2) is 0 Å². The van der Waals surface area contributed by atoms with Crippen LogP contribution in [0.4, 0.5) is 0 Å². The lowest BCUT2D eigenvalue weighted by atomic mass is 9.51. The molecular weight excluding hydrogens is 238 g/mol. The van der Waals surface area contributed by atoms with Gasteiger partial charge in [-0.15, -0.1) is 0 Å². The summed E-state index contributed by atoms with van der Waals surface area (Å²) >= 11 is 0. The number of hydroxylamine groups is 2. The van der Waals surface area contributed by atoms with Crippen LogP contribution < -0.4 is 0 Å². The van der Waals surface area contributed by atoms with Crippen LogP contribution in [0.1, 0.15) is 52.9 Å². The zero-order valence-corrected chi connectivity index (χ0v) is 12.5. The van der Waals surface area contributed by atoms with E-state index in [0.717, 1.165) is 30.3 Å². The number of hydrogen-bond donors (Lipinski definition) is 0. The molecule has 0 amide bonds. The average molecular weight is 263 g/mol. The van der Waals surface area contributed by atoms with E-state index in [1.807, 2.05) is 12.1 Å². The molecule has 4 aliphatic carbocycles. The van der Waals surface area contributed by atoms with E-state index in [0.29, 0.717) is 5.92 Å². The molecule has 2 atom stereocenters. The van der Waals surface area contributed by atoms with Gasteiger partial charge < -0.3 is 0 Å². The molecule has 0 radical (unpaired) electrons. The van der Waals surface area contributed by atoms with E-state index in [9.17, 15) is 4.79 Å². The molecule has 4 bridgehead atoms. The normalized spacial score (nSPS) is 40.9. The van der Waals surface area contributed by atoms with E-state index >= 15 is 0 Å². The first kappa shape index (κ1) is 13.4. The van der Waals surface area contributed by atoms with Gasteiger partial charge in [0, 0.05) is 12.6 Å². The molecule has 4 aliphatic rings. The third kappa shape index (κ3) is 2.08. The number of nitrogens with zero attached hydrogens (tertiary/aromatic N) is 1. The predicted octanol–water partition coefficient (Wildman–Crippen LogP) is 2.99. The third-order valence-electron chi connectivity index (χ3n) is 5.19. The van der Waals surface area contributed by atoms with Crippen LogP contribution in [0.5, 0.6) is 0 Å². The first-order chi connectivity index (χ1) is 8.84. The van der Waals surface area contributed by atoms with Gasteiger partial charge in [-0.25, -0.2) is 4.79 Å². The summed E-state index contributed by atoms with van der Waals surface area (Å²) in [6.07, 6.45) is 5.92. The highest BCUT2D eigenvalue weighted by Gasteiger charge is 2.57. The topological polar surface area (TPSA) is 29.5 Å². The van der Waals surface area contributed by atoms with Crippen LogP contribution in [-0.2, 0) is 9.63 Å². The van der Waals surface area contributed by atoms with Crippen molar-refractivity contribution in [3.05, 3.63) is 5.57 Å². The Labute approximate surface area is 115 Å². The van der Waals surface area contributed by atoms with Crippen LogP contribution in [-0.4, -0.2) is 29.2 Å². The van der Waals surface area contributed by atoms with Crippen molar-refractivity contribution in [2.45, 2.75) is 64.0 Å². The first-order valence-corrected chi connectivity index (χ1v) is 7.52. The highest BCUT2D eigenvalue weighted by atomic mass is 16.7. The summed E-state index contributed by atoms with van der Waals surface area (Å²) in [5.74, 6) is 4.32. The minimum absolute atomic E-state index is 0.163. The fourth-order valence-corrected chi connectivity index (χ4v) is 4.88. The molecule has 4 rings (SSSR count). The van der Waals surface area contributed by atoms with Crippen molar-refractivity contribution < 1.29 is 9.63 Å². The second-order valence-electron chi connectivity index (χ2n) is 7.79. The van der Waals surface area contributed by atoms with E-state index in [1.165, 1.54) is 19.3 Å². The van der Waals surface area contributed by atoms with Crippen molar-refractivity contribution in [1.82, 2.24) is 5.06 Å². The molecule has 4 fully saturated rings. The monoisotopic (exact) mass is 263 g/mol. The largest absolute Gasteiger partial charge is 0.293 e. The molecule has 4 saturated carbocycles. The van der Waals surface area contributed by atoms with Crippen molar-refractivity contribution >= 4 is 5.94 Å². The maximum absolute atomic E-state index is 11.5. The number of likely N-dealkylation sites (N-methyl/N-ethyl adjacent to an activating group) is 1. The average Bonchev–Trinajstić information content (AvgIpc) is 2.25. The Morgan fingerprint density at radius 3 is 2.26 bits per heavy atom. The Bertz CT molecular complexity index is 417. The van der Waals surface area contributed by atoms with E-state index < -0.39 is 0 Å². The number of carbonyl (C=O) groups excluding carboxylic acids is 1. The van der Waals surface area contributed by atoms with Gasteiger partial charge in [0.25, 0.3) is 0 Å². The zero-order chi connectivity index (χ0) is 13.8. The lowest BCUT2D eigenvalue weighted by Crippen LogP contribution is -2.61. The lowest BCUT2D eigenvalue weighted by molar-refractivity contribution is -0.276. The van der Waals surface area contributed by atoms with Crippen LogP contribution in [0.3, 0.4) is 0 Å². The highest BCUT2D eigenvalue weighted by Crippen LogP contribution is 2.59. The minimum Gasteiger partial charge on any atom is -0.293 e. The van der Waals surface area contributed by atoms with Gasteiger partial charge in [-0.2, -0.15) is 5.06 Å². The van der Waals surface area contributed by atoms with Gasteiger partial charge in [0.05, 0.1) is 11.1 Å². The summed E-state index contributed by atoms with van der Waals surface area (Å²) in [7, 11) is 2.01. The van der Waals surface area contributed by atoms with E-state index in [1.54, 1.807) is 0 Å². The van der Waals surface area contributed by atoms with Crippen molar-refractivity contribution in [3.63, 3.8) is 0 Å². The van der Waals surface area contributed by atoms with Crippen LogP contribution in [0.2, 0.25) is 0 Å². The molecule has 0 spiro atoms. The SMILES string of the molecule is CN(OC(C)(C)C)C12CC3CC(CC(C3)C1=C=O)C2. The van der Waals surface area contributed by atoms with Crippen molar-refractivity contribution in [3.8, 4) is 0 Å². The second kappa shape index (κ2) is 4.18. The third-order valence-corrected chi connectivity index (χ3v) is 5.19. The minimum atomic E-state index is -0.216. The Balaban J connectivity index is 1.94. The Morgan fingerprint density at radius 1 is 1.21 bits per heavy atom. The van der Waals surface area contributed by atoms with Crippen molar-refractivity contribution in [2.75, 3.05) is 7.05 Å². The predicted molar refractivity (Wildman–Crippen MR) is 74.1 cm³/mol. The van der Waals surface area contributed by atoms with Gasteiger partial charge in [-0.1, -0.05) is 0 Å². The number of rotatable bonds is 2. The van der Waals surface area contributed by atoms with Gasteiger partial charge >= 0.3 is 0 Å². The molecular formula is C16H25NO2. The summed E-state index contributed by atoms with van der Waals surface area (Å²) in [6.45, 7) is 6.19. The number of hydrogen-bond acceptors (Lipinski definition) is 3. The molecule has 0 heterocycles. The fraction of sp³-hybridized carbons (Fsp3) is 0.875. The van der Waals surface area contributed by atoms with Crippen LogP contribution in [0, 0.1) is 17.8 Å². The Kier molecular flexibility index (Phi) is 2.94. The molecule has 0 aromatic carbocycles. The van der Waals surface area contributed by atoms with E-state index in [4.69, 9.17) is 4.84 Å². The quantitative estimate of drug-likeness (QED) is 0.566. The first-order valence-electron chi connectivity index (χ1n) is 7.52. The van der Waals surface area contributed by atoms with Crippen LogP contribution in [0.15, 0.2) is 5.57 Å². The van der Waals surface area contributed by atoms with E-state index in [-0.39, 0.29) is 11.1 Å². The van der Waals surface area contributed by atoms with Gasteiger partial charge in [0.2, 0.25) is 0 Å². The fourth-order valence-electron chi connectivity index (χ4n) is 4.88. The molecule has 0 N–H and O–H groups in total. The molecule has 0 aromatic heterocycles. The molecule has 0 aromatic rings. The van der Waals surface area contributed by atoms with Crippen LogP contribution >= 0.6 is 0 Å². The molecule has 0 saturated heterocycles. The van der Waals surface area contributed by atoms with Crippen LogP contribution in [0.25, 0.3) is 0 Å². The van der Waals surface area contributed by atoms with Gasteiger partial charge in [-0.3, -0.25) is 4.84 Å². The molecule has 106 valence electrons. The van der Waals surface area contributed by atoms with Gasteiger partial charge in [-0.05, 0) is 70.6 Å². The van der Waals surface area contributed by atoms with E-state index in [2.05, 4.69) is 26.7 Å². The Hall–Kier alpha value is -0.630. The van der Waals surface area contributed by atoms with Crippen molar-refractivity contribution in [1.29, 1.82) is 0 Å². The summed E-state index contributed by atoms with van der Waals surface area (Å²) < 4.78 is 0. The smallest absolute Gasteiger partial charge is 0.125 e. The zero-order valence-electron chi connectivity index (χ0n) is 12.5. The summed E-state index contributed by atoms with van der Waals surface area (Å²) in [6, 6.07) is 0.